The molecule has 0 atom stereocenters. The van der Waals surface area contributed by atoms with Gasteiger partial charge < -0.3 is 9.47 Å². The van der Waals surface area contributed by atoms with Crippen LogP contribution in [0.1, 0.15) is 20.3 Å². The summed E-state index contributed by atoms with van der Waals surface area (Å²) < 4.78 is 11.0. The van der Waals surface area contributed by atoms with Crippen molar-refractivity contribution in [1.82, 2.24) is 4.98 Å². The van der Waals surface area contributed by atoms with E-state index < -0.39 is 0 Å². The average molecular weight is 245 g/mol. The Bertz CT molecular complexity index is 523. The van der Waals surface area contributed by atoms with Crippen molar-refractivity contribution in [2.75, 3.05) is 13.7 Å². The van der Waals surface area contributed by atoms with E-state index >= 15 is 0 Å². The van der Waals surface area contributed by atoms with Crippen LogP contribution in [0.15, 0.2) is 30.5 Å². The zero-order valence-electron chi connectivity index (χ0n) is 11.1. The molecule has 0 fully saturated rings. The molecule has 1 heterocycles. The van der Waals surface area contributed by atoms with Gasteiger partial charge in [0, 0.05) is 17.6 Å². The normalized spacial score (nSPS) is 10.9. The van der Waals surface area contributed by atoms with Gasteiger partial charge in [0.25, 0.3) is 0 Å². The summed E-state index contributed by atoms with van der Waals surface area (Å²) in [7, 11) is 1.66. The lowest BCUT2D eigenvalue weighted by atomic mass is 10.1. The fourth-order valence-corrected chi connectivity index (χ4v) is 1.76. The molecular formula is C15H19NO2. The maximum atomic E-state index is 5.82. The third kappa shape index (κ3) is 2.92. The predicted octanol–water partition coefficient (Wildman–Crippen LogP) is 3.67. The number of hydrogen-bond acceptors (Lipinski definition) is 3. The lowest BCUT2D eigenvalue weighted by Crippen LogP contribution is -2.02. The van der Waals surface area contributed by atoms with Gasteiger partial charge in [-0.1, -0.05) is 13.8 Å². The van der Waals surface area contributed by atoms with Gasteiger partial charge in [0.2, 0.25) is 0 Å². The van der Waals surface area contributed by atoms with Gasteiger partial charge in [0.05, 0.1) is 19.2 Å². The monoisotopic (exact) mass is 245 g/mol. The van der Waals surface area contributed by atoms with Gasteiger partial charge in [-0.25, -0.2) is 0 Å². The Morgan fingerprint density at radius 2 is 2.06 bits per heavy atom. The summed E-state index contributed by atoms with van der Waals surface area (Å²) in [5.74, 6) is 2.36. The Morgan fingerprint density at radius 1 is 1.22 bits per heavy atom. The second-order valence-corrected chi connectivity index (χ2v) is 4.72. The molecule has 0 N–H and O–H groups in total. The van der Waals surface area contributed by atoms with E-state index in [-0.39, 0.29) is 0 Å². The molecule has 2 rings (SSSR count). The van der Waals surface area contributed by atoms with E-state index in [1.165, 1.54) is 0 Å². The molecule has 0 unspecified atom stereocenters. The van der Waals surface area contributed by atoms with Crippen molar-refractivity contribution < 1.29 is 9.47 Å². The number of ether oxygens (including phenoxy) is 2. The summed E-state index contributed by atoms with van der Waals surface area (Å²) in [6, 6.07) is 7.75. The van der Waals surface area contributed by atoms with Crippen LogP contribution in [0.25, 0.3) is 10.9 Å². The zero-order chi connectivity index (χ0) is 13.0. The number of hydrogen-bond donors (Lipinski definition) is 0. The third-order valence-electron chi connectivity index (χ3n) is 2.86. The molecule has 0 spiro atoms. The number of fused-ring (bicyclic) bond motifs is 1. The SMILES string of the molecule is COc1ccc2c(OCCC(C)C)ccnc2c1. The molecule has 2 aromatic rings. The van der Waals surface area contributed by atoms with Crippen LogP contribution in [-0.4, -0.2) is 18.7 Å². The maximum Gasteiger partial charge on any atom is 0.130 e. The Labute approximate surface area is 108 Å². The summed E-state index contributed by atoms with van der Waals surface area (Å²) in [6.07, 6.45) is 2.83. The fraction of sp³-hybridized carbons (Fsp3) is 0.400. The van der Waals surface area contributed by atoms with Crippen LogP contribution in [0.5, 0.6) is 11.5 Å². The average Bonchev–Trinajstić information content (AvgIpc) is 2.38. The summed E-state index contributed by atoms with van der Waals surface area (Å²) >= 11 is 0. The van der Waals surface area contributed by atoms with Crippen LogP contribution in [0.4, 0.5) is 0 Å². The minimum atomic E-state index is 0.651. The zero-order valence-corrected chi connectivity index (χ0v) is 11.1. The number of benzene rings is 1. The van der Waals surface area contributed by atoms with E-state index in [2.05, 4.69) is 18.8 Å². The Hall–Kier alpha value is -1.77. The summed E-state index contributed by atoms with van der Waals surface area (Å²) in [5, 5.41) is 1.03. The molecule has 0 saturated heterocycles. The molecule has 3 nitrogen and oxygen atoms in total. The quantitative estimate of drug-likeness (QED) is 0.805. The van der Waals surface area contributed by atoms with Crippen molar-refractivity contribution in [3.63, 3.8) is 0 Å². The standard InChI is InChI=1S/C15H19NO2/c1-11(2)7-9-18-15-6-8-16-14-10-12(17-3)4-5-13(14)15/h4-6,8,10-11H,7,9H2,1-3H3. The van der Waals surface area contributed by atoms with Crippen molar-refractivity contribution in [2.45, 2.75) is 20.3 Å². The first kappa shape index (κ1) is 12.7. The van der Waals surface area contributed by atoms with E-state index in [4.69, 9.17) is 9.47 Å². The molecular weight excluding hydrogens is 226 g/mol. The van der Waals surface area contributed by atoms with Gasteiger partial charge in [-0.2, -0.15) is 0 Å². The van der Waals surface area contributed by atoms with Crippen LogP contribution >= 0.6 is 0 Å². The van der Waals surface area contributed by atoms with Gasteiger partial charge >= 0.3 is 0 Å². The van der Waals surface area contributed by atoms with Crippen molar-refractivity contribution in [1.29, 1.82) is 0 Å². The molecule has 1 aromatic heterocycles. The Kier molecular flexibility index (Phi) is 4.03. The van der Waals surface area contributed by atoms with Crippen LogP contribution in [0, 0.1) is 5.92 Å². The smallest absolute Gasteiger partial charge is 0.130 e. The first-order chi connectivity index (χ1) is 8.70. The molecule has 0 saturated carbocycles. The Morgan fingerprint density at radius 3 is 2.78 bits per heavy atom. The molecule has 3 heteroatoms. The largest absolute Gasteiger partial charge is 0.497 e. The third-order valence-corrected chi connectivity index (χ3v) is 2.86. The summed E-state index contributed by atoms with van der Waals surface area (Å²) in [6.45, 7) is 5.13. The number of nitrogens with zero attached hydrogens (tertiary/aromatic N) is 1. The second-order valence-electron chi connectivity index (χ2n) is 4.72. The highest BCUT2D eigenvalue weighted by Crippen LogP contribution is 2.27. The molecule has 18 heavy (non-hydrogen) atoms. The van der Waals surface area contributed by atoms with Gasteiger partial charge in [0.15, 0.2) is 0 Å². The van der Waals surface area contributed by atoms with Crippen LogP contribution in [0.2, 0.25) is 0 Å². The van der Waals surface area contributed by atoms with Crippen LogP contribution < -0.4 is 9.47 Å². The van der Waals surface area contributed by atoms with Gasteiger partial charge in [-0.3, -0.25) is 4.98 Å². The summed E-state index contributed by atoms with van der Waals surface area (Å²) in [5.41, 5.74) is 0.899. The number of methoxy groups -OCH3 is 1. The number of pyridine rings is 1. The summed E-state index contributed by atoms with van der Waals surface area (Å²) in [4.78, 5) is 4.33. The van der Waals surface area contributed by atoms with Crippen LogP contribution in [0.3, 0.4) is 0 Å². The molecule has 1 aromatic carbocycles. The van der Waals surface area contributed by atoms with E-state index in [1.54, 1.807) is 13.3 Å². The van der Waals surface area contributed by atoms with E-state index in [0.717, 1.165) is 35.4 Å². The topological polar surface area (TPSA) is 31.4 Å². The number of aromatic nitrogens is 1. The first-order valence-electron chi connectivity index (χ1n) is 6.26. The lowest BCUT2D eigenvalue weighted by molar-refractivity contribution is 0.292. The van der Waals surface area contributed by atoms with E-state index in [1.807, 2.05) is 24.3 Å². The van der Waals surface area contributed by atoms with E-state index in [0.29, 0.717) is 5.92 Å². The fourth-order valence-electron chi connectivity index (χ4n) is 1.76. The molecule has 0 bridgehead atoms. The Balaban J connectivity index is 2.22. The second kappa shape index (κ2) is 5.71. The van der Waals surface area contributed by atoms with Crippen molar-refractivity contribution in [2.24, 2.45) is 5.92 Å². The highest BCUT2D eigenvalue weighted by molar-refractivity contribution is 5.85. The van der Waals surface area contributed by atoms with Gasteiger partial charge in [-0.05, 0) is 30.5 Å². The lowest BCUT2D eigenvalue weighted by Gasteiger charge is -2.10. The van der Waals surface area contributed by atoms with Gasteiger partial charge in [0.1, 0.15) is 11.5 Å². The van der Waals surface area contributed by atoms with Crippen LogP contribution in [-0.2, 0) is 0 Å². The molecule has 0 amide bonds. The maximum absolute atomic E-state index is 5.82. The van der Waals surface area contributed by atoms with Crippen molar-refractivity contribution in [3.8, 4) is 11.5 Å². The molecule has 0 aliphatic rings. The molecule has 0 radical (unpaired) electrons. The minimum Gasteiger partial charge on any atom is -0.497 e. The number of rotatable bonds is 5. The minimum absolute atomic E-state index is 0.651. The first-order valence-corrected chi connectivity index (χ1v) is 6.26. The molecule has 0 aliphatic heterocycles. The highest BCUT2D eigenvalue weighted by Gasteiger charge is 2.04. The highest BCUT2D eigenvalue weighted by atomic mass is 16.5. The van der Waals surface area contributed by atoms with Gasteiger partial charge in [-0.15, -0.1) is 0 Å². The molecule has 96 valence electrons. The predicted molar refractivity (Wildman–Crippen MR) is 73.2 cm³/mol. The van der Waals surface area contributed by atoms with Crippen molar-refractivity contribution in [3.05, 3.63) is 30.5 Å². The van der Waals surface area contributed by atoms with E-state index in [9.17, 15) is 0 Å². The molecule has 0 aliphatic carbocycles. The van der Waals surface area contributed by atoms with Crippen molar-refractivity contribution >= 4 is 10.9 Å².